The Balaban J connectivity index is 2.03. The molecule has 1 atom stereocenters. The van der Waals surface area contributed by atoms with Crippen LogP contribution in [0.1, 0.15) is 39.0 Å². The van der Waals surface area contributed by atoms with Crippen LogP contribution in [0.15, 0.2) is 0 Å². The second kappa shape index (κ2) is 4.19. The van der Waals surface area contributed by atoms with Crippen molar-refractivity contribution in [1.29, 1.82) is 0 Å². The largest absolute Gasteiger partial charge is 0.310 e. The van der Waals surface area contributed by atoms with Crippen LogP contribution in [0.2, 0.25) is 0 Å². The second-order valence-electron chi connectivity index (χ2n) is 5.42. The third kappa shape index (κ3) is 2.12. The number of nitrogens with one attached hydrogen (secondary N) is 1. The van der Waals surface area contributed by atoms with Gasteiger partial charge in [-0.15, -0.1) is 0 Å². The normalized spacial score (nSPS) is 37.3. The predicted molar refractivity (Wildman–Crippen MR) is 60.5 cm³/mol. The van der Waals surface area contributed by atoms with E-state index in [4.69, 9.17) is 0 Å². The van der Waals surface area contributed by atoms with Gasteiger partial charge in [0, 0.05) is 12.1 Å². The first-order chi connectivity index (χ1) is 6.71. The zero-order valence-corrected chi connectivity index (χ0v) is 9.68. The van der Waals surface area contributed by atoms with Gasteiger partial charge in [0.05, 0.1) is 0 Å². The van der Waals surface area contributed by atoms with Crippen molar-refractivity contribution in [2.75, 3.05) is 26.7 Å². The van der Waals surface area contributed by atoms with E-state index >= 15 is 0 Å². The van der Waals surface area contributed by atoms with Gasteiger partial charge in [0.1, 0.15) is 0 Å². The van der Waals surface area contributed by atoms with Crippen LogP contribution in [0.25, 0.3) is 0 Å². The fourth-order valence-electron chi connectivity index (χ4n) is 3.25. The van der Waals surface area contributed by atoms with Crippen LogP contribution in [0, 0.1) is 5.92 Å². The Labute approximate surface area is 88.1 Å². The molecule has 1 aliphatic heterocycles. The van der Waals surface area contributed by atoms with E-state index in [1.165, 1.54) is 51.7 Å². The van der Waals surface area contributed by atoms with Gasteiger partial charge in [0.25, 0.3) is 0 Å². The number of hydrogen-bond donors (Lipinski definition) is 1. The summed E-state index contributed by atoms with van der Waals surface area (Å²) in [4.78, 5) is 2.50. The third-order valence-corrected chi connectivity index (χ3v) is 4.10. The smallest absolute Gasteiger partial charge is 0.0308 e. The average molecular weight is 196 g/mol. The lowest BCUT2D eigenvalue weighted by molar-refractivity contribution is 0.183. The van der Waals surface area contributed by atoms with Crippen molar-refractivity contribution in [1.82, 2.24) is 10.2 Å². The SMILES string of the molecule is CN1CCCNC(C)(C2CCCC2)C1. The van der Waals surface area contributed by atoms with Gasteiger partial charge in [-0.2, -0.15) is 0 Å². The van der Waals surface area contributed by atoms with E-state index in [9.17, 15) is 0 Å². The molecule has 0 amide bonds. The van der Waals surface area contributed by atoms with Gasteiger partial charge in [-0.1, -0.05) is 12.8 Å². The van der Waals surface area contributed by atoms with E-state index in [0.717, 1.165) is 5.92 Å². The molecule has 1 heterocycles. The molecule has 2 heteroatoms. The Morgan fingerprint density at radius 1 is 1.21 bits per heavy atom. The maximum Gasteiger partial charge on any atom is 0.0308 e. The maximum absolute atomic E-state index is 3.79. The first kappa shape index (κ1) is 10.4. The molecule has 1 unspecified atom stereocenters. The summed E-state index contributed by atoms with van der Waals surface area (Å²) < 4.78 is 0. The Bertz CT molecular complexity index is 187. The van der Waals surface area contributed by atoms with Crippen molar-refractivity contribution >= 4 is 0 Å². The van der Waals surface area contributed by atoms with Gasteiger partial charge >= 0.3 is 0 Å². The standard InChI is InChI=1S/C12H24N2/c1-12(11-6-3-4-7-11)10-14(2)9-5-8-13-12/h11,13H,3-10H2,1-2H3. The van der Waals surface area contributed by atoms with Crippen molar-refractivity contribution in [3.05, 3.63) is 0 Å². The summed E-state index contributed by atoms with van der Waals surface area (Å²) in [7, 11) is 2.26. The Morgan fingerprint density at radius 3 is 2.64 bits per heavy atom. The lowest BCUT2D eigenvalue weighted by atomic mass is 9.84. The molecule has 1 saturated heterocycles. The minimum absolute atomic E-state index is 0.391. The summed E-state index contributed by atoms with van der Waals surface area (Å²) in [6.45, 7) is 6.13. The van der Waals surface area contributed by atoms with Gasteiger partial charge in [-0.3, -0.25) is 0 Å². The predicted octanol–water partition coefficient (Wildman–Crippen LogP) is 1.86. The molecule has 0 aromatic carbocycles. The summed E-state index contributed by atoms with van der Waals surface area (Å²) >= 11 is 0. The topological polar surface area (TPSA) is 15.3 Å². The van der Waals surface area contributed by atoms with Crippen molar-refractivity contribution in [2.45, 2.75) is 44.6 Å². The van der Waals surface area contributed by atoms with Gasteiger partial charge < -0.3 is 10.2 Å². The minimum atomic E-state index is 0.391. The van der Waals surface area contributed by atoms with E-state index in [1.54, 1.807) is 0 Å². The number of rotatable bonds is 1. The molecule has 0 spiro atoms. The molecule has 1 aliphatic carbocycles. The summed E-state index contributed by atoms with van der Waals surface area (Å²) in [6, 6.07) is 0. The van der Waals surface area contributed by atoms with E-state index in [1.807, 2.05) is 0 Å². The van der Waals surface area contributed by atoms with E-state index < -0.39 is 0 Å². The minimum Gasteiger partial charge on any atom is -0.310 e. The van der Waals surface area contributed by atoms with Crippen molar-refractivity contribution in [3.8, 4) is 0 Å². The highest BCUT2D eigenvalue weighted by molar-refractivity contribution is 4.96. The Morgan fingerprint density at radius 2 is 1.93 bits per heavy atom. The Kier molecular flexibility index (Phi) is 3.13. The first-order valence-electron chi connectivity index (χ1n) is 6.14. The molecule has 2 rings (SSSR count). The monoisotopic (exact) mass is 196 g/mol. The third-order valence-electron chi connectivity index (χ3n) is 4.10. The van der Waals surface area contributed by atoms with E-state index in [-0.39, 0.29) is 0 Å². The fraction of sp³-hybridized carbons (Fsp3) is 1.00. The molecule has 0 aromatic rings. The van der Waals surface area contributed by atoms with E-state index in [2.05, 4.69) is 24.2 Å². The van der Waals surface area contributed by atoms with E-state index in [0.29, 0.717) is 5.54 Å². The highest BCUT2D eigenvalue weighted by Crippen LogP contribution is 2.34. The van der Waals surface area contributed by atoms with Crippen LogP contribution in [0.4, 0.5) is 0 Å². The van der Waals surface area contributed by atoms with Crippen LogP contribution in [0.5, 0.6) is 0 Å². The summed E-state index contributed by atoms with van der Waals surface area (Å²) in [5.41, 5.74) is 0.391. The molecule has 82 valence electrons. The molecule has 2 fully saturated rings. The molecular weight excluding hydrogens is 172 g/mol. The zero-order chi connectivity index (χ0) is 10.0. The molecule has 2 nitrogen and oxygen atoms in total. The van der Waals surface area contributed by atoms with Crippen molar-refractivity contribution < 1.29 is 0 Å². The summed E-state index contributed by atoms with van der Waals surface area (Å²) in [5.74, 6) is 0.919. The molecular formula is C12H24N2. The second-order valence-corrected chi connectivity index (χ2v) is 5.42. The molecule has 0 aromatic heterocycles. The summed E-state index contributed by atoms with van der Waals surface area (Å²) in [6.07, 6.45) is 7.09. The van der Waals surface area contributed by atoms with Crippen molar-refractivity contribution in [3.63, 3.8) is 0 Å². The highest BCUT2D eigenvalue weighted by Gasteiger charge is 2.37. The maximum atomic E-state index is 3.79. The van der Waals surface area contributed by atoms with Crippen LogP contribution in [0.3, 0.4) is 0 Å². The fourth-order valence-corrected chi connectivity index (χ4v) is 3.25. The van der Waals surface area contributed by atoms with Crippen molar-refractivity contribution in [2.24, 2.45) is 5.92 Å². The van der Waals surface area contributed by atoms with Crippen LogP contribution < -0.4 is 5.32 Å². The molecule has 2 aliphatic rings. The number of hydrogen-bond acceptors (Lipinski definition) is 2. The molecule has 14 heavy (non-hydrogen) atoms. The quantitative estimate of drug-likeness (QED) is 0.688. The molecule has 0 radical (unpaired) electrons. The van der Waals surface area contributed by atoms with Gasteiger partial charge in [0.2, 0.25) is 0 Å². The van der Waals surface area contributed by atoms with Gasteiger partial charge in [0.15, 0.2) is 0 Å². The van der Waals surface area contributed by atoms with Gasteiger partial charge in [-0.05, 0) is 52.2 Å². The molecule has 1 N–H and O–H groups in total. The van der Waals surface area contributed by atoms with Crippen LogP contribution >= 0.6 is 0 Å². The molecule has 0 bridgehead atoms. The lowest BCUT2D eigenvalue weighted by Gasteiger charge is -2.37. The Hall–Kier alpha value is -0.0800. The molecule has 1 saturated carbocycles. The highest BCUT2D eigenvalue weighted by atomic mass is 15.2. The van der Waals surface area contributed by atoms with Crippen LogP contribution in [-0.4, -0.2) is 37.1 Å². The van der Waals surface area contributed by atoms with Crippen LogP contribution in [-0.2, 0) is 0 Å². The lowest BCUT2D eigenvalue weighted by Crippen LogP contribution is -2.53. The zero-order valence-electron chi connectivity index (χ0n) is 9.68. The average Bonchev–Trinajstić information content (AvgIpc) is 2.61. The number of likely N-dealkylation sites (N-methyl/N-ethyl adjacent to an activating group) is 1. The first-order valence-corrected chi connectivity index (χ1v) is 6.14. The number of nitrogens with zero attached hydrogens (tertiary/aromatic N) is 1. The van der Waals surface area contributed by atoms with Gasteiger partial charge in [-0.25, -0.2) is 0 Å². The summed E-state index contributed by atoms with van der Waals surface area (Å²) in [5, 5.41) is 3.79.